The molecule has 5 nitrogen and oxygen atoms in total. The van der Waals surface area contributed by atoms with Crippen LogP contribution in [-0.2, 0) is 4.79 Å². The van der Waals surface area contributed by atoms with Crippen molar-refractivity contribution in [3.8, 4) is 6.07 Å². The molecule has 2 rings (SSSR count). The molecular formula is C15H19FN4O. The van der Waals surface area contributed by atoms with E-state index >= 15 is 0 Å². The lowest BCUT2D eigenvalue weighted by atomic mass is 10.1. The van der Waals surface area contributed by atoms with Crippen LogP contribution in [0.5, 0.6) is 0 Å². The third kappa shape index (κ3) is 4.25. The molecule has 1 aromatic carbocycles. The predicted octanol–water partition coefficient (Wildman–Crippen LogP) is 0.800. The van der Waals surface area contributed by atoms with Crippen LogP contribution in [0.3, 0.4) is 0 Å². The minimum absolute atomic E-state index is 0.131. The molecule has 0 bridgehead atoms. The Morgan fingerprint density at radius 1 is 1.57 bits per heavy atom. The number of hydrogen-bond donors (Lipinski definition) is 2. The van der Waals surface area contributed by atoms with Gasteiger partial charge in [0, 0.05) is 19.6 Å². The van der Waals surface area contributed by atoms with E-state index in [0.717, 1.165) is 12.1 Å². The van der Waals surface area contributed by atoms with E-state index in [9.17, 15) is 9.18 Å². The van der Waals surface area contributed by atoms with Crippen LogP contribution in [0.2, 0.25) is 0 Å². The van der Waals surface area contributed by atoms with Gasteiger partial charge in [0.15, 0.2) is 0 Å². The Balaban J connectivity index is 1.89. The smallest absolute Gasteiger partial charge is 0.234 e. The summed E-state index contributed by atoms with van der Waals surface area (Å²) in [5, 5.41) is 15.1. The molecule has 1 amide bonds. The molecule has 0 saturated carbocycles. The van der Waals surface area contributed by atoms with Crippen molar-refractivity contribution in [3.63, 3.8) is 0 Å². The number of benzene rings is 1. The molecule has 1 aliphatic heterocycles. The minimum Gasteiger partial charge on any atom is -0.348 e. The molecule has 1 aliphatic rings. The molecule has 112 valence electrons. The van der Waals surface area contributed by atoms with Gasteiger partial charge in [-0.25, -0.2) is 4.39 Å². The fourth-order valence-corrected chi connectivity index (χ4v) is 2.37. The molecule has 6 heteroatoms. The lowest BCUT2D eigenvalue weighted by Crippen LogP contribution is -2.53. The maximum atomic E-state index is 12.9. The quantitative estimate of drug-likeness (QED) is 0.861. The SMILES string of the molecule is CC(NC(=O)CN1CCNCC1C#N)c1ccc(F)cc1. The molecule has 2 N–H and O–H groups in total. The Morgan fingerprint density at radius 3 is 2.95 bits per heavy atom. The number of nitriles is 1. The van der Waals surface area contributed by atoms with E-state index in [4.69, 9.17) is 5.26 Å². The molecule has 1 heterocycles. The molecule has 21 heavy (non-hydrogen) atoms. The van der Waals surface area contributed by atoms with Crippen molar-refractivity contribution >= 4 is 5.91 Å². The normalized spacial score (nSPS) is 20.5. The van der Waals surface area contributed by atoms with E-state index in [1.54, 1.807) is 12.1 Å². The standard InChI is InChI=1S/C15H19FN4O/c1-11(12-2-4-13(16)5-3-12)19-15(21)10-20-7-6-18-9-14(20)8-17/h2-5,11,14,18H,6-7,9-10H2,1H3,(H,19,21). The first-order valence-electron chi connectivity index (χ1n) is 6.99. The van der Waals surface area contributed by atoms with Crippen LogP contribution in [0.25, 0.3) is 0 Å². The summed E-state index contributed by atoms with van der Waals surface area (Å²) < 4.78 is 12.9. The molecule has 0 radical (unpaired) electrons. The largest absolute Gasteiger partial charge is 0.348 e. The van der Waals surface area contributed by atoms with Gasteiger partial charge in [-0.3, -0.25) is 9.69 Å². The highest BCUT2D eigenvalue weighted by atomic mass is 19.1. The molecular weight excluding hydrogens is 271 g/mol. The zero-order valence-electron chi connectivity index (χ0n) is 12.0. The van der Waals surface area contributed by atoms with Crippen LogP contribution in [0.15, 0.2) is 24.3 Å². The second-order valence-corrected chi connectivity index (χ2v) is 5.16. The van der Waals surface area contributed by atoms with E-state index in [2.05, 4.69) is 16.7 Å². The molecule has 0 aliphatic carbocycles. The van der Waals surface area contributed by atoms with Crippen LogP contribution >= 0.6 is 0 Å². The molecule has 0 spiro atoms. The van der Waals surface area contributed by atoms with Gasteiger partial charge in [0.1, 0.15) is 11.9 Å². The molecule has 1 aromatic rings. The number of hydrogen-bond acceptors (Lipinski definition) is 4. The number of piperazine rings is 1. The molecule has 0 aromatic heterocycles. The first-order valence-corrected chi connectivity index (χ1v) is 6.99. The Bertz CT molecular complexity index is 525. The first kappa shape index (κ1) is 15.4. The van der Waals surface area contributed by atoms with Crippen molar-refractivity contribution in [2.45, 2.75) is 19.0 Å². The maximum Gasteiger partial charge on any atom is 0.234 e. The maximum absolute atomic E-state index is 12.9. The van der Waals surface area contributed by atoms with Gasteiger partial charge in [0.25, 0.3) is 0 Å². The fraction of sp³-hybridized carbons (Fsp3) is 0.467. The number of nitrogens with zero attached hydrogens (tertiary/aromatic N) is 2. The summed E-state index contributed by atoms with van der Waals surface area (Å²) in [5.41, 5.74) is 0.849. The van der Waals surface area contributed by atoms with Crippen LogP contribution < -0.4 is 10.6 Å². The van der Waals surface area contributed by atoms with Gasteiger partial charge in [-0.1, -0.05) is 12.1 Å². The van der Waals surface area contributed by atoms with Gasteiger partial charge in [-0.2, -0.15) is 5.26 Å². The van der Waals surface area contributed by atoms with Crippen molar-refractivity contribution in [3.05, 3.63) is 35.6 Å². The molecule has 2 atom stereocenters. The van der Waals surface area contributed by atoms with Gasteiger partial charge in [-0.05, 0) is 24.6 Å². The van der Waals surface area contributed by atoms with Crippen molar-refractivity contribution in [2.24, 2.45) is 0 Å². The van der Waals surface area contributed by atoms with Crippen LogP contribution in [0, 0.1) is 17.1 Å². The number of amides is 1. The summed E-state index contributed by atoms with van der Waals surface area (Å²) in [5.74, 6) is -0.427. The van der Waals surface area contributed by atoms with E-state index < -0.39 is 0 Å². The lowest BCUT2D eigenvalue weighted by molar-refractivity contribution is -0.123. The fourth-order valence-electron chi connectivity index (χ4n) is 2.37. The average Bonchev–Trinajstić information content (AvgIpc) is 2.48. The van der Waals surface area contributed by atoms with E-state index in [1.807, 2.05) is 11.8 Å². The van der Waals surface area contributed by atoms with E-state index in [1.165, 1.54) is 12.1 Å². The highest BCUT2D eigenvalue weighted by Crippen LogP contribution is 2.13. The van der Waals surface area contributed by atoms with Crippen LogP contribution in [0.4, 0.5) is 4.39 Å². The van der Waals surface area contributed by atoms with Gasteiger partial charge >= 0.3 is 0 Å². The second kappa shape index (κ2) is 7.16. The van der Waals surface area contributed by atoms with Crippen molar-refractivity contribution < 1.29 is 9.18 Å². The van der Waals surface area contributed by atoms with E-state index in [0.29, 0.717) is 13.1 Å². The number of rotatable bonds is 4. The summed E-state index contributed by atoms with van der Waals surface area (Å²) in [6.45, 7) is 4.09. The zero-order valence-corrected chi connectivity index (χ0v) is 12.0. The topological polar surface area (TPSA) is 68.2 Å². The highest BCUT2D eigenvalue weighted by Gasteiger charge is 2.24. The summed E-state index contributed by atoms with van der Waals surface area (Å²) in [7, 11) is 0. The zero-order chi connectivity index (χ0) is 15.2. The Hall–Kier alpha value is -1.97. The second-order valence-electron chi connectivity index (χ2n) is 5.16. The summed E-state index contributed by atoms with van der Waals surface area (Å²) in [4.78, 5) is 13.9. The highest BCUT2D eigenvalue weighted by molar-refractivity contribution is 5.78. The Labute approximate surface area is 123 Å². The van der Waals surface area contributed by atoms with Crippen LogP contribution in [-0.4, -0.2) is 43.0 Å². The van der Waals surface area contributed by atoms with Gasteiger partial charge in [0.2, 0.25) is 5.91 Å². The number of nitrogens with one attached hydrogen (secondary N) is 2. The van der Waals surface area contributed by atoms with Crippen LogP contribution in [0.1, 0.15) is 18.5 Å². The predicted molar refractivity (Wildman–Crippen MR) is 76.8 cm³/mol. The number of carbonyl (C=O) groups is 1. The monoisotopic (exact) mass is 290 g/mol. The number of carbonyl (C=O) groups excluding carboxylic acids is 1. The summed E-state index contributed by atoms with van der Waals surface area (Å²) in [6.07, 6.45) is 0. The Morgan fingerprint density at radius 2 is 2.29 bits per heavy atom. The molecule has 1 fully saturated rings. The van der Waals surface area contributed by atoms with Crippen molar-refractivity contribution in [1.82, 2.24) is 15.5 Å². The Kier molecular flexibility index (Phi) is 5.26. The van der Waals surface area contributed by atoms with Crippen molar-refractivity contribution in [1.29, 1.82) is 5.26 Å². The van der Waals surface area contributed by atoms with Crippen molar-refractivity contribution in [2.75, 3.05) is 26.2 Å². The average molecular weight is 290 g/mol. The van der Waals surface area contributed by atoms with Gasteiger partial charge in [0.05, 0.1) is 18.7 Å². The summed E-state index contributed by atoms with van der Waals surface area (Å²) in [6, 6.07) is 7.79. The third-order valence-electron chi connectivity index (χ3n) is 3.60. The first-order chi connectivity index (χ1) is 10.1. The lowest BCUT2D eigenvalue weighted by Gasteiger charge is -2.31. The van der Waals surface area contributed by atoms with Gasteiger partial charge in [-0.15, -0.1) is 0 Å². The minimum atomic E-state index is -0.296. The summed E-state index contributed by atoms with van der Waals surface area (Å²) >= 11 is 0. The molecule has 2 unspecified atom stereocenters. The molecule has 1 saturated heterocycles. The number of halogens is 1. The third-order valence-corrected chi connectivity index (χ3v) is 3.60. The van der Waals surface area contributed by atoms with Gasteiger partial charge < -0.3 is 10.6 Å². The van der Waals surface area contributed by atoms with E-state index in [-0.39, 0.29) is 30.4 Å².